The molecule has 2 heteroatoms. The molecule has 7 atom stereocenters. The molecule has 4 saturated carbocycles. The third-order valence-corrected chi connectivity index (χ3v) is 12.0. The van der Waals surface area contributed by atoms with Crippen molar-refractivity contribution in [3.63, 3.8) is 0 Å². The van der Waals surface area contributed by atoms with Crippen LogP contribution in [0.1, 0.15) is 124 Å². The Morgan fingerprint density at radius 1 is 0.875 bits per heavy atom. The average molecular weight is 443 g/mol. The van der Waals surface area contributed by atoms with Crippen LogP contribution in [0.2, 0.25) is 0 Å². The Morgan fingerprint density at radius 3 is 2.38 bits per heavy atom. The van der Waals surface area contributed by atoms with Gasteiger partial charge in [-0.3, -0.25) is 0 Å². The Labute approximate surface area is 197 Å². The van der Waals surface area contributed by atoms with E-state index >= 15 is 0 Å². The third kappa shape index (κ3) is 3.94. The van der Waals surface area contributed by atoms with Crippen LogP contribution in [0.5, 0.6) is 0 Å². The van der Waals surface area contributed by atoms with Crippen molar-refractivity contribution in [2.45, 2.75) is 136 Å². The molecule has 0 amide bonds. The Bertz CT molecular complexity index is 727. The summed E-state index contributed by atoms with van der Waals surface area (Å²) in [5, 5.41) is 21.4. The van der Waals surface area contributed by atoms with Crippen molar-refractivity contribution in [1.29, 1.82) is 0 Å². The fourth-order valence-corrected chi connectivity index (χ4v) is 9.54. The number of allylic oxidation sites excluding steroid dienone is 1. The van der Waals surface area contributed by atoms with Gasteiger partial charge in [0.15, 0.2) is 0 Å². The fourth-order valence-electron chi connectivity index (χ4n) is 9.54. The van der Waals surface area contributed by atoms with Gasteiger partial charge in [0.05, 0.1) is 11.7 Å². The molecule has 0 bridgehead atoms. The van der Waals surface area contributed by atoms with Crippen LogP contribution in [-0.2, 0) is 0 Å². The highest BCUT2D eigenvalue weighted by atomic mass is 16.3. The highest BCUT2D eigenvalue weighted by Crippen LogP contribution is 2.66. The summed E-state index contributed by atoms with van der Waals surface area (Å²) in [6, 6.07) is 0. The zero-order chi connectivity index (χ0) is 22.8. The Kier molecular flexibility index (Phi) is 5.93. The van der Waals surface area contributed by atoms with Gasteiger partial charge in [0.25, 0.3) is 0 Å². The summed E-state index contributed by atoms with van der Waals surface area (Å²) >= 11 is 0. The number of hydrogen-bond donors (Lipinski definition) is 2. The summed E-state index contributed by atoms with van der Waals surface area (Å²) in [5.74, 6) is 3.47. The second-order valence-electron chi connectivity index (χ2n) is 14.3. The summed E-state index contributed by atoms with van der Waals surface area (Å²) in [7, 11) is 0. The lowest BCUT2D eigenvalue weighted by molar-refractivity contribution is -0.0545. The van der Waals surface area contributed by atoms with E-state index in [9.17, 15) is 10.2 Å². The summed E-state index contributed by atoms with van der Waals surface area (Å²) in [4.78, 5) is 0. The van der Waals surface area contributed by atoms with Crippen LogP contribution in [0.15, 0.2) is 11.6 Å². The van der Waals surface area contributed by atoms with Crippen LogP contribution >= 0.6 is 0 Å². The molecule has 5 rings (SSSR count). The lowest BCUT2D eigenvalue weighted by Gasteiger charge is -2.58. The van der Waals surface area contributed by atoms with E-state index < -0.39 is 0 Å². The Morgan fingerprint density at radius 2 is 1.62 bits per heavy atom. The molecule has 0 aromatic heterocycles. The second kappa shape index (κ2) is 8.11. The monoisotopic (exact) mass is 442 g/mol. The minimum atomic E-state index is -0.378. The minimum absolute atomic E-state index is 0.0966. The number of aliphatic hydroxyl groups excluding tert-OH is 1. The summed E-state index contributed by atoms with van der Waals surface area (Å²) < 4.78 is 0. The lowest BCUT2D eigenvalue weighted by atomic mass is 9.47. The van der Waals surface area contributed by atoms with Gasteiger partial charge >= 0.3 is 0 Å². The topological polar surface area (TPSA) is 40.5 Å². The van der Waals surface area contributed by atoms with Gasteiger partial charge < -0.3 is 10.2 Å². The normalized spacial score (nSPS) is 47.2. The summed E-state index contributed by atoms with van der Waals surface area (Å²) in [5.41, 5.74) is 2.53. The van der Waals surface area contributed by atoms with Gasteiger partial charge in [0, 0.05) is 0 Å². The van der Waals surface area contributed by atoms with Crippen molar-refractivity contribution in [2.24, 2.45) is 39.9 Å². The molecule has 32 heavy (non-hydrogen) atoms. The van der Waals surface area contributed by atoms with Crippen molar-refractivity contribution < 1.29 is 10.2 Å². The van der Waals surface area contributed by atoms with Gasteiger partial charge in [-0.2, -0.15) is 0 Å². The molecular formula is C30H50O2. The zero-order valence-electron chi connectivity index (χ0n) is 21.5. The van der Waals surface area contributed by atoms with E-state index in [1.165, 1.54) is 64.2 Å². The molecule has 0 aromatic rings. The molecule has 0 aromatic carbocycles. The largest absolute Gasteiger partial charge is 0.393 e. The number of hydrogen-bond acceptors (Lipinski definition) is 2. The van der Waals surface area contributed by atoms with Gasteiger partial charge in [0.1, 0.15) is 0 Å². The molecule has 6 unspecified atom stereocenters. The van der Waals surface area contributed by atoms with Crippen LogP contribution in [0, 0.1) is 39.9 Å². The molecule has 0 spiro atoms. The zero-order valence-corrected chi connectivity index (χ0v) is 21.5. The molecule has 0 radical (unpaired) electrons. The van der Waals surface area contributed by atoms with Gasteiger partial charge in [-0.15, -0.1) is 0 Å². The maximum Gasteiger partial charge on any atom is 0.0648 e. The Balaban J connectivity index is 1.22. The van der Waals surface area contributed by atoms with E-state index in [2.05, 4.69) is 33.8 Å². The maximum atomic E-state index is 11.2. The molecule has 2 N–H and O–H groups in total. The molecule has 2 nitrogen and oxygen atoms in total. The predicted octanol–water partition coefficient (Wildman–Crippen LogP) is 7.43. The molecule has 0 saturated heterocycles. The first kappa shape index (κ1) is 23.4. The molecule has 4 fully saturated rings. The summed E-state index contributed by atoms with van der Waals surface area (Å²) in [6.07, 6.45) is 20.5. The molecule has 0 heterocycles. The predicted molar refractivity (Wildman–Crippen MR) is 132 cm³/mol. The van der Waals surface area contributed by atoms with Gasteiger partial charge in [-0.25, -0.2) is 0 Å². The van der Waals surface area contributed by atoms with E-state index in [4.69, 9.17) is 0 Å². The van der Waals surface area contributed by atoms with Crippen LogP contribution < -0.4 is 0 Å². The number of fused-ring (bicyclic) bond motifs is 5. The molecular weight excluding hydrogens is 392 g/mol. The first-order valence-electron chi connectivity index (χ1n) is 14.1. The van der Waals surface area contributed by atoms with Gasteiger partial charge in [-0.05, 0) is 130 Å². The van der Waals surface area contributed by atoms with Crippen molar-refractivity contribution in [3.8, 4) is 0 Å². The van der Waals surface area contributed by atoms with E-state index in [0.29, 0.717) is 16.2 Å². The molecule has 182 valence electrons. The van der Waals surface area contributed by atoms with Crippen LogP contribution in [0.25, 0.3) is 0 Å². The SMILES string of the molecule is CC1(C)CCC(O)(CCCC2CCC3[C@@H]4CC=C5CC(O)CCC5(C)C4CCC23C)CC1. The molecule has 5 aliphatic carbocycles. The quantitative estimate of drug-likeness (QED) is 0.444. The van der Waals surface area contributed by atoms with E-state index in [1.54, 1.807) is 5.57 Å². The van der Waals surface area contributed by atoms with Crippen molar-refractivity contribution in [3.05, 3.63) is 11.6 Å². The first-order chi connectivity index (χ1) is 15.0. The Hall–Kier alpha value is -0.340. The first-order valence-corrected chi connectivity index (χ1v) is 14.1. The number of rotatable bonds is 4. The van der Waals surface area contributed by atoms with E-state index in [-0.39, 0.29) is 11.7 Å². The summed E-state index contributed by atoms with van der Waals surface area (Å²) in [6.45, 7) is 9.92. The fraction of sp³-hybridized carbons (Fsp3) is 0.933. The lowest BCUT2D eigenvalue weighted by Crippen LogP contribution is -2.50. The second-order valence-corrected chi connectivity index (χ2v) is 14.3. The van der Waals surface area contributed by atoms with Crippen molar-refractivity contribution in [1.82, 2.24) is 0 Å². The van der Waals surface area contributed by atoms with Crippen LogP contribution in [0.3, 0.4) is 0 Å². The van der Waals surface area contributed by atoms with Crippen molar-refractivity contribution in [2.75, 3.05) is 0 Å². The van der Waals surface area contributed by atoms with Gasteiger partial charge in [0.2, 0.25) is 0 Å². The van der Waals surface area contributed by atoms with E-state index in [0.717, 1.165) is 55.8 Å². The molecule has 5 aliphatic rings. The van der Waals surface area contributed by atoms with Gasteiger partial charge in [-0.1, -0.05) is 45.8 Å². The average Bonchev–Trinajstić information content (AvgIpc) is 3.08. The maximum absolute atomic E-state index is 11.2. The highest BCUT2D eigenvalue weighted by molar-refractivity contribution is 5.25. The van der Waals surface area contributed by atoms with Crippen LogP contribution in [-0.4, -0.2) is 21.9 Å². The van der Waals surface area contributed by atoms with Crippen LogP contribution in [0.4, 0.5) is 0 Å². The van der Waals surface area contributed by atoms with E-state index in [1.807, 2.05) is 0 Å². The van der Waals surface area contributed by atoms with Crippen molar-refractivity contribution >= 4 is 0 Å². The molecule has 0 aliphatic heterocycles. The standard InChI is InChI=1S/C30H50O2/c1-27(2)16-18-30(32,19-17-27)13-5-6-21-8-10-25-24-9-7-22-20-23(31)11-14-29(22,4)26(24)12-15-28(21,25)3/h7,21,23-26,31-32H,5-6,8-20H2,1-4H3/t21?,23?,24-,25?,26?,28?,29?/m0/s1. The smallest absolute Gasteiger partial charge is 0.0648 e. The third-order valence-electron chi connectivity index (χ3n) is 12.0. The minimum Gasteiger partial charge on any atom is -0.393 e. The highest BCUT2D eigenvalue weighted by Gasteiger charge is 2.58. The number of aliphatic hydroxyl groups is 2.